The van der Waals surface area contributed by atoms with E-state index in [1.807, 2.05) is 0 Å². The summed E-state index contributed by atoms with van der Waals surface area (Å²) in [6.45, 7) is 0. The predicted molar refractivity (Wildman–Crippen MR) is 89.4 cm³/mol. The summed E-state index contributed by atoms with van der Waals surface area (Å²) in [5.41, 5.74) is 19.1. The van der Waals surface area contributed by atoms with Crippen LogP contribution in [0.4, 0.5) is 9.59 Å². The zero-order chi connectivity index (χ0) is 16.1. The van der Waals surface area contributed by atoms with Crippen molar-refractivity contribution in [3.05, 3.63) is 0 Å². The van der Waals surface area contributed by atoms with Crippen LogP contribution in [0.2, 0.25) is 0 Å². The topological polar surface area (TPSA) is 185 Å². The highest BCUT2D eigenvalue weighted by Gasteiger charge is 2.13. The van der Waals surface area contributed by atoms with Gasteiger partial charge in [-0.15, -0.1) is 0 Å². The highest BCUT2D eigenvalue weighted by atomic mass is 16.2. The van der Waals surface area contributed by atoms with Gasteiger partial charge in [0.05, 0.1) is 0 Å². The Morgan fingerprint density at radius 1 is 0.773 bits per heavy atom. The summed E-state index contributed by atoms with van der Waals surface area (Å²) < 4.78 is 0. The Morgan fingerprint density at radius 2 is 1.14 bits per heavy atom. The van der Waals surface area contributed by atoms with Gasteiger partial charge in [-0.2, -0.15) is 0 Å². The van der Waals surface area contributed by atoms with E-state index in [-0.39, 0.29) is 12.2 Å². The van der Waals surface area contributed by atoms with Crippen LogP contribution in [0.1, 0.15) is 64.2 Å². The Kier molecular flexibility index (Phi) is 14.9. The SMILES string of the molecule is N.NC(=O)NC1CCCCC1.NC(N)=O.NC1CCCCC1. The molecule has 0 saturated heterocycles. The fraction of sp³-hybridized carbons (Fsp3) is 0.857. The smallest absolute Gasteiger partial charge is 0.312 e. The van der Waals surface area contributed by atoms with Crippen molar-refractivity contribution in [1.29, 1.82) is 0 Å². The Hall–Kier alpha value is -1.54. The number of hydrogen-bond acceptors (Lipinski definition) is 4. The van der Waals surface area contributed by atoms with Crippen LogP contribution in [-0.4, -0.2) is 24.1 Å². The van der Waals surface area contributed by atoms with E-state index in [0.717, 1.165) is 12.8 Å². The predicted octanol–water partition coefficient (Wildman–Crippen LogP) is 1.45. The van der Waals surface area contributed by atoms with Crippen molar-refractivity contribution in [3.63, 3.8) is 0 Å². The molecule has 0 aromatic heterocycles. The van der Waals surface area contributed by atoms with Gasteiger partial charge in [-0.05, 0) is 25.7 Å². The number of nitrogens with one attached hydrogen (secondary N) is 1. The molecule has 0 unspecified atom stereocenters. The summed E-state index contributed by atoms with van der Waals surface area (Å²) in [6, 6.07) is -0.327. The highest BCUT2D eigenvalue weighted by Crippen LogP contribution is 2.16. The molecule has 0 spiro atoms. The molecule has 0 aliphatic heterocycles. The molecule has 2 saturated carbocycles. The second-order valence-electron chi connectivity index (χ2n) is 5.64. The maximum atomic E-state index is 10.4. The van der Waals surface area contributed by atoms with Crippen LogP contribution >= 0.6 is 0 Å². The van der Waals surface area contributed by atoms with Crippen molar-refractivity contribution in [1.82, 2.24) is 11.5 Å². The highest BCUT2D eigenvalue weighted by molar-refractivity contribution is 5.71. The number of primary amides is 3. The molecule has 0 bridgehead atoms. The monoisotopic (exact) mass is 318 g/mol. The second-order valence-corrected chi connectivity index (χ2v) is 5.64. The molecule has 8 nitrogen and oxygen atoms in total. The average Bonchev–Trinajstić information content (AvgIpc) is 2.40. The van der Waals surface area contributed by atoms with E-state index < -0.39 is 6.03 Å². The van der Waals surface area contributed by atoms with Crippen molar-refractivity contribution in [2.75, 3.05) is 0 Å². The van der Waals surface area contributed by atoms with Gasteiger partial charge in [0.15, 0.2) is 0 Å². The first-order chi connectivity index (χ1) is 9.91. The maximum Gasteiger partial charge on any atom is 0.312 e. The lowest BCUT2D eigenvalue weighted by Crippen LogP contribution is -2.39. The van der Waals surface area contributed by atoms with Gasteiger partial charge in [0, 0.05) is 12.1 Å². The lowest BCUT2D eigenvalue weighted by Gasteiger charge is -2.21. The molecule has 132 valence electrons. The number of urea groups is 2. The Morgan fingerprint density at radius 3 is 1.41 bits per heavy atom. The van der Waals surface area contributed by atoms with E-state index >= 15 is 0 Å². The van der Waals surface area contributed by atoms with Crippen LogP contribution in [0.25, 0.3) is 0 Å². The van der Waals surface area contributed by atoms with Gasteiger partial charge in [-0.25, -0.2) is 9.59 Å². The molecule has 8 heteroatoms. The summed E-state index contributed by atoms with van der Waals surface area (Å²) in [4.78, 5) is 19.4. The minimum Gasteiger partial charge on any atom is -0.352 e. The Balaban J connectivity index is 0. The number of carbonyl (C=O) groups is 2. The molecule has 2 fully saturated rings. The number of rotatable bonds is 1. The van der Waals surface area contributed by atoms with Gasteiger partial charge >= 0.3 is 12.1 Å². The van der Waals surface area contributed by atoms with Gasteiger partial charge in [-0.1, -0.05) is 38.5 Å². The minimum atomic E-state index is -0.833. The van der Waals surface area contributed by atoms with Crippen molar-refractivity contribution in [2.45, 2.75) is 76.3 Å². The van der Waals surface area contributed by atoms with Gasteiger partial charge in [0.1, 0.15) is 0 Å². The normalized spacial score (nSPS) is 18.4. The van der Waals surface area contributed by atoms with Gasteiger partial charge in [-0.3, -0.25) is 0 Å². The fourth-order valence-electron chi connectivity index (χ4n) is 2.58. The summed E-state index contributed by atoms with van der Waals surface area (Å²) in [7, 11) is 0. The first-order valence-corrected chi connectivity index (χ1v) is 7.78. The lowest BCUT2D eigenvalue weighted by atomic mass is 9.96. The molecule has 0 atom stereocenters. The third-order valence-corrected chi connectivity index (χ3v) is 3.60. The first kappa shape index (κ1) is 22.7. The van der Waals surface area contributed by atoms with Crippen molar-refractivity contribution in [2.24, 2.45) is 22.9 Å². The molecule has 12 N–H and O–H groups in total. The van der Waals surface area contributed by atoms with Crippen LogP contribution in [0.5, 0.6) is 0 Å². The summed E-state index contributed by atoms with van der Waals surface area (Å²) in [5, 5.41) is 2.72. The van der Waals surface area contributed by atoms with E-state index in [0.29, 0.717) is 12.1 Å². The van der Waals surface area contributed by atoms with E-state index in [1.165, 1.54) is 51.4 Å². The van der Waals surface area contributed by atoms with Crippen molar-refractivity contribution < 1.29 is 9.59 Å². The second kappa shape index (κ2) is 14.4. The third kappa shape index (κ3) is 16.5. The van der Waals surface area contributed by atoms with Crippen molar-refractivity contribution in [3.8, 4) is 0 Å². The van der Waals surface area contributed by atoms with E-state index in [4.69, 9.17) is 16.3 Å². The van der Waals surface area contributed by atoms with Crippen LogP contribution in [-0.2, 0) is 0 Å². The number of nitrogens with two attached hydrogens (primary N) is 4. The van der Waals surface area contributed by atoms with Crippen LogP contribution < -0.4 is 34.4 Å². The fourth-order valence-corrected chi connectivity index (χ4v) is 2.58. The molecular formula is C14H34N6O2. The summed E-state index contributed by atoms with van der Waals surface area (Å²) in [5.74, 6) is 0. The van der Waals surface area contributed by atoms with Crippen LogP contribution in [0.15, 0.2) is 0 Å². The van der Waals surface area contributed by atoms with E-state index in [2.05, 4.69) is 16.8 Å². The molecule has 2 rings (SSSR count). The Labute approximate surface area is 133 Å². The molecule has 0 aromatic rings. The van der Waals surface area contributed by atoms with E-state index in [9.17, 15) is 4.79 Å². The molecule has 0 radical (unpaired) electrons. The maximum absolute atomic E-state index is 10.4. The standard InChI is InChI=1S/C7H14N2O.C6H13N.CH4N2O.H3N/c8-7(10)9-6-4-2-1-3-5-6;7-6-4-2-1-3-5-6;2-1(3)4;/h6H,1-5H2,(H3,8,9,10);6H,1-5,7H2;(H4,2,3,4);1H3. The van der Waals surface area contributed by atoms with Gasteiger partial charge in [0.25, 0.3) is 0 Å². The number of hydrogen-bond donors (Lipinski definition) is 6. The lowest BCUT2D eigenvalue weighted by molar-refractivity contribution is 0.241. The molecule has 22 heavy (non-hydrogen) atoms. The molecule has 0 heterocycles. The number of amides is 4. The molecule has 4 amide bonds. The van der Waals surface area contributed by atoms with Crippen LogP contribution in [0, 0.1) is 0 Å². The first-order valence-electron chi connectivity index (χ1n) is 7.78. The quantitative estimate of drug-likeness (QED) is 0.427. The van der Waals surface area contributed by atoms with Gasteiger partial charge in [0.2, 0.25) is 0 Å². The van der Waals surface area contributed by atoms with Crippen molar-refractivity contribution >= 4 is 12.1 Å². The molecular weight excluding hydrogens is 284 g/mol. The third-order valence-electron chi connectivity index (χ3n) is 3.60. The van der Waals surface area contributed by atoms with Crippen LogP contribution in [0.3, 0.4) is 0 Å². The number of carbonyl (C=O) groups excluding carboxylic acids is 2. The summed E-state index contributed by atoms with van der Waals surface area (Å²) >= 11 is 0. The largest absolute Gasteiger partial charge is 0.352 e. The molecule has 0 aromatic carbocycles. The van der Waals surface area contributed by atoms with E-state index in [1.54, 1.807) is 0 Å². The minimum absolute atomic E-state index is 0. The molecule has 2 aliphatic carbocycles. The Bertz CT molecular complexity index is 285. The van der Waals surface area contributed by atoms with Gasteiger partial charge < -0.3 is 34.4 Å². The molecule has 2 aliphatic rings. The average molecular weight is 318 g/mol. The zero-order valence-electron chi connectivity index (χ0n) is 13.6. The summed E-state index contributed by atoms with van der Waals surface area (Å²) in [6.07, 6.45) is 12.6. The zero-order valence-corrected chi connectivity index (χ0v) is 13.6.